The van der Waals surface area contributed by atoms with Gasteiger partial charge in [0.1, 0.15) is 0 Å². The number of carbonyl (C=O) groups excluding carboxylic acids is 1. The molecule has 1 fully saturated rings. The van der Waals surface area contributed by atoms with Crippen molar-refractivity contribution in [1.29, 1.82) is 0 Å². The Morgan fingerprint density at radius 1 is 1.30 bits per heavy atom. The summed E-state index contributed by atoms with van der Waals surface area (Å²) in [6.07, 6.45) is 4.80. The summed E-state index contributed by atoms with van der Waals surface area (Å²) >= 11 is 3.48. The maximum Gasteiger partial charge on any atom is 0.236 e. The van der Waals surface area contributed by atoms with Crippen LogP contribution in [-0.4, -0.2) is 30.4 Å². The molecule has 0 unspecified atom stereocenters. The van der Waals surface area contributed by atoms with Crippen molar-refractivity contribution < 1.29 is 4.79 Å². The average molecular weight is 339 g/mol. The van der Waals surface area contributed by atoms with Crippen molar-refractivity contribution in [2.75, 3.05) is 19.6 Å². The molecule has 1 aliphatic heterocycles. The van der Waals surface area contributed by atoms with Gasteiger partial charge in [0.05, 0.1) is 6.54 Å². The molecule has 1 atom stereocenters. The Morgan fingerprint density at radius 3 is 2.65 bits per heavy atom. The van der Waals surface area contributed by atoms with Gasteiger partial charge in [-0.1, -0.05) is 40.9 Å². The lowest BCUT2D eigenvalue weighted by Gasteiger charge is -2.22. The number of halogens is 1. The van der Waals surface area contributed by atoms with E-state index in [0.29, 0.717) is 6.54 Å². The number of nitrogens with zero attached hydrogens (tertiary/aromatic N) is 1. The standard InChI is InChI=1S/C16H23BrN2O/c1-13(14-7-6-8-15(17)11-14)18-12-16(20)19-9-4-2-3-5-10-19/h6-8,11,13,18H,2-5,9-10,12H2,1H3/t13-/m1/s1. The molecule has 1 saturated heterocycles. The van der Waals surface area contributed by atoms with E-state index < -0.39 is 0 Å². The van der Waals surface area contributed by atoms with Crippen LogP contribution in [-0.2, 0) is 4.79 Å². The van der Waals surface area contributed by atoms with E-state index in [1.807, 2.05) is 17.0 Å². The fraction of sp³-hybridized carbons (Fsp3) is 0.562. The quantitative estimate of drug-likeness (QED) is 0.911. The summed E-state index contributed by atoms with van der Waals surface area (Å²) < 4.78 is 1.07. The lowest BCUT2D eigenvalue weighted by Crippen LogP contribution is -2.39. The minimum absolute atomic E-state index is 0.184. The first kappa shape index (κ1) is 15.5. The van der Waals surface area contributed by atoms with Crippen LogP contribution in [0.15, 0.2) is 28.7 Å². The fourth-order valence-corrected chi connectivity index (χ4v) is 2.98. The van der Waals surface area contributed by atoms with E-state index in [0.717, 1.165) is 30.4 Å². The number of nitrogens with one attached hydrogen (secondary N) is 1. The van der Waals surface area contributed by atoms with Gasteiger partial charge in [-0.2, -0.15) is 0 Å². The van der Waals surface area contributed by atoms with Crippen LogP contribution in [0, 0.1) is 0 Å². The number of carbonyl (C=O) groups is 1. The van der Waals surface area contributed by atoms with Gasteiger partial charge in [-0.25, -0.2) is 0 Å². The first-order valence-corrected chi connectivity index (χ1v) is 8.23. The van der Waals surface area contributed by atoms with Gasteiger partial charge in [-0.3, -0.25) is 4.79 Å². The van der Waals surface area contributed by atoms with E-state index >= 15 is 0 Å². The summed E-state index contributed by atoms with van der Waals surface area (Å²) in [5.41, 5.74) is 1.20. The number of likely N-dealkylation sites (tertiary alicyclic amines) is 1. The van der Waals surface area contributed by atoms with Crippen LogP contribution in [0.4, 0.5) is 0 Å². The van der Waals surface area contributed by atoms with Crippen molar-refractivity contribution in [2.24, 2.45) is 0 Å². The van der Waals surface area contributed by atoms with Crippen molar-refractivity contribution in [1.82, 2.24) is 10.2 Å². The van der Waals surface area contributed by atoms with Gasteiger partial charge in [0.15, 0.2) is 0 Å². The Hall–Kier alpha value is -0.870. The van der Waals surface area contributed by atoms with Gasteiger partial charge in [0.25, 0.3) is 0 Å². The van der Waals surface area contributed by atoms with Crippen molar-refractivity contribution in [3.63, 3.8) is 0 Å². The normalized spacial score (nSPS) is 17.6. The van der Waals surface area contributed by atoms with Crippen molar-refractivity contribution in [3.05, 3.63) is 34.3 Å². The van der Waals surface area contributed by atoms with Crippen LogP contribution in [0.1, 0.15) is 44.2 Å². The first-order chi connectivity index (χ1) is 9.66. The molecule has 1 amide bonds. The topological polar surface area (TPSA) is 32.3 Å². The predicted molar refractivity (Wildman–Crippen MR) is 85.6 cm³/mol. The highest BCUT2D eigenvalue weighted by atomic mass is 79.9. The Bertz CT molecular complexity index is 442. The third kappa shape index (κ3) is 4.60. The largest absolute Gasteiger partial charge is 0.342 e. The third-order valence-electron chi connectivity index (χ3n) is 3.87. The van der Waals surface area contributed by atoms with Crippen molar-refractivity contribution in [2.45, 2.75) is 38.6 Å². The molecule has 0 bridgehead atoms. The number of hydrogen-bond donors (Lipinski definition) is 1. The first-order valence-electron chi connectivity index (χ1n) is 7.43. The molecule has 0 aromatic heterocycles. The molecule has 0 aliphatic carbocycles. The van der Waals surface area contributed by atoms with Gasteiger partial charge >= 0.3 is 0 Å². The van der Waals surface area contributed by atoms with Crippen LogP contribution < -0.4 is 5.32 Å². The number of hydrogen-bond acceptors (Lipinski definition) is 2. The average Bonchev–Trinajstić information content (AvgIpc) is 2.73. The Balaban J connectivity index is 1.83. The van der Waals surface area contributed by atoms with Crippen molar-refractivity contribution in [3.8, 4) is 0 Å². The van der Waals surface area contributed by atoms with E-state index in [4.69, 9.17) is 0 Å². The maximum atomic E-state index is 12.2. The lowest BCUT2D eigenvalue weighted by atomic mass is 10.1. The SMILES string of the molecule is C[C@@H](NCC(=O)N1CCCCCC1)c1cccc(Br)c1. The lowest BCUT2D eigenvalue weighted by molar-refractivity contribution is -0.130. The molecular formula is C16H23BrN2O. The molecule has 3 nitrogen and oxygen atoms in total. The highest BCUT2D eigenvalue weighted by Gasteiger charge is 2.16. The van der Waals surface area contributed by atoms with Gasteiger partial charge in [-0.05, 0) is 37.5 Å². The molecule has 1 aromatic carbocycles. The van der Waals surface area contributed by atoms with Crippen molar-refractivity contribution >= 4 is 21.8 Å². The molecule has 1 aliphatic rings. The van der Waals surface area contributed by atoms with E-state index in [-0.39, 0.29) is 11.9 Å². The van der Waals surface area contributed by atoms with Crippen LogP contribution in [0.3, 0.4) is 0 Å². The zero-order valence-electron chi connectivity index (χ0n) is 12.1. The Labute approximate surface area is 129 Å². The molecule has 20 heavy (non-hydrogen) atoms. The number of amides is 1. The zero-order chi connectivity index (χ0) is 14.4. The molecule has 0 saturated carbocycles. The monoisotopic (exact) mass is 338 g/mol. The molecule has 2 rings (SSSR count). The van der Waals surface area contributed by atoms with Gasteiger partial charge in [0.2, 0.25) is 5.91 Å². The summed E-state index contributed by atoms with van der Waals surface area (Å²) in [5, 5.41) is 3.33. The van der Waals surface area contributed by atoms with E-state index in [1.54, 1.807) is 0 Å². The Morgan fingerprint density at radius 2 is 2.00 bits per heavy atom. The molecule has 4 heteroatoms. The zero-order valence-corrected chi connectivity index (χ0v) is 13.7. The van der Waals surface area contributed by atoms with Crippen LogP contribution >= 0.6 is 15.9 Å². The minimum Gasteiger partial charge on any atom is -0.342 e. The molecule has 1 heterocycles. The minimum atomic E-state index is 0.184. The molecule has 1 aromatic rings. The second-order valence-electron chi connectivity index (χ2n) is 5.45. The van der Waals surface area contributed by atoms with E-state index in [1.165, 1.54) is 18.4 Å². The van der Waals surface area contributed by atoms with Gasteiger partial charge < -0.3 is 10.2 Å². The summed E-state index contributed by atoms with van der Waals surface area (Å²) in [6.45, 7) is 4.36. The van der Waals surface area contributed by atoms with Crippen LogP contribution in [0.2, 0.25) is 0 Å². The molecular weight excluding hydrogens is 316 g/mol. The summed E-state index contributed by atoms with van der Waals surface area (Å²) in [7, 11) is 0. The molecule has 0 radical (unpaired) electrons. The predicted octanol–water partition coefficient (Wildman–Crippen LogP) is 3.50. The third-order valence-corrected chi connectivity index (χ3v) is 4.36. The summed E-state index contributed by atoms with van der Waals surface area (Å²) in [5.74, 6) is 0.230. The maximum absolute atomic E-state index is 12.2. The molecule has 110 valence electrons. The number of benzene rings is 1. The highest BCUT2D eigenvalue weighted by molar-refractivity contribution is 9.10. The smallest absolute Gasteiger partial charge is 0.236 e. The number of rotatable bonds is 4. The van der Waals surface area contributed by atoms with Gasteiger partial charge in [0, 0.05) is 23.6 Å². The van der Waals surface area contributed by atoms with E-state index in [2.05, 4.69) is 40.3 Å². The van der Waals surface area contributed by atoms with Crippen LogP contribution in [0.25, 0.3) is 0 Å². The summed E-state index contributed by atoms with van der Waals surface area (Å²) in [6, 6.07) is 8.39. The van der Waals surface area contributed by atoms with E-state index in [9.17, 15) is 4.79 Å². The summed E-state index contributed by atoms with van der Waals surface area (Å²) in [4.78, 5) is 14.2. The van der Waals surface area contributed by atoms with Crippen LogP contribution in [0.5, 0.6) is 0 Å². The second-order valence-corrected chi connectivity index (χ2v) is 6.37. The highest BCUT2D eigenvalue weighted by Crippen LogP contribution is 2.17. The molecule has 0 spiro atoms. The fourth-order valence-electron chi connectivity index (χ4n) is 2.57. The second kappa shape index (κ2) is 7.79. The Kier molecular flexibility index (Phi) is 6.05. The van der Waals surface area contributed by atoms with Gasteiger partial charge in [-0.15, -0.1) is 0 Å². The molecule has 1 N–H and O–H groups in total.